The van der Waals surface area contributed by atoms with Crippen LogP contribution >= 0.6 is 0 Å². The molecule has 0 unspecified atom stereocenters. The third kappa shape index (κ3) is 3.57. The minimum atomic E-state index is -4.58. The van der Waals surface area contributed by atoms with Crippen LogP contribution in [0.4, 0.5) is 13.2 Å². The van der Waals surface area contributed by atoms with Crippen LogP contribution in [0.5, 0.6) is 5.88 Å². The van der Waals surface area contributed by atoms with Gasteiger partial charge < -0.3 is 9.64 Å². The molecular formula is C21H19F3N6O2. The summed E-state index contributed by atoms with van der Waals surface area (Å²) in [7, 11) is 0. The highest BCUT2D eigenvalue weighted by Gasteiger charge is 2.49. The minimum absolute atomic E-state index is 0.142. The maximum Gasteiger partial charge on any atom is 0.421 e. The molecule has 5 rings (SSSR count). The fourth-order valence-electron chi connectivity index (χ4n) is 4.51. The average molecular weight is 444 g/mol. The zero-order chi connectivity index (χ0) is 22.5. The van der Waals surface area contributed by atoms with E-state index >= 15 is 0 Å². The Bertz CT molecular complexity index is 1150. The Kier molecular flexibility index (Phi) is 4.83. The number of pyridine rings is 2. The number of fused-ring (bicyclic) bond motifs is 2. The summed E-state index contributed by atoms with van der Waals surface area (Å²) in [6.45, 7) is 2.28. The van der Waals surface area contributed by atoms with Gasteiger partial charge in [0.15, 0.2) is 5.69 Å². The van der Waals surface area contributed by atoms with Crippen molar-refractivity contribution in [1.82, 2.24) is 29.9 Å². The molecule has 3 aromatic heterocycles. The Morgan fingerprint density at radius 2 is 1.91 bits per heavy atom. The number of ether oxygens (including phenoxy) is 1. The van der Waals surface area contributed by atoms with E-state index in [-0.39, 0.29) is 23.6 Å². The number of carbonyl (C=O) groups excluding carboxylic acids is 1. The predicted octanol–water partition coefficient (Wildman–Crippen LogP) is 3.07. The second kappa shape index (κ2) is 7.57. The molecule has 2 fully saturated rings. The highest BCUT2D eigenvalue weighted by Crippen LogP contribution is 2.42. The molecule has 2 bridgehead atoms. The topological polar surface area (TPSA) is 86.0 Å². The van der Waals surface area contributed by atoms with Gasteiger partial charge in [-0.15, -0.1) is 4.80 Å². The van der Waals surface area contributed by atoms with Crippen molar-refractivity contribution in [2.75, 3.05) is 6.54 Å². The molecule has 1 saturated carbocycles. The van der Waals surface area contributed by atoms with E-state index < -0.39 is 23.7 Å². The van der Waals surface area contributed by atoms with Crippen LogP contribution in [0.1, 0.15) is 34.6 Å². The van der Waals surface area contributed by atoms with Crippen LogP contribution in [0.15, 0.2) is 42.9 Å². The molecule has 4 heterocycles. The maximum absolute atomic E-state index is 13.5. The number of rotatable bonds is 4. The van der Waals surface area contributed by atoms with Crippen LogP contribution < -0.4 is 4.74 Å². The lowest BCUT2D eigenvalue weighted by Crippen LogP contribution is -2.47. The number of aryl methyl sites for hydroxylation is 1. The van der Waals surface area contributed by atoms with Gasteiger partial charge >= 0.3 is 6.18 Å². The number of carbonyl (C=O) groups is 1. The zero-order valence-electron chi connectivity index (χ0n) is 17.0. The number of aromatic nitrogens is 5. The first-order valence-electron chi connectivity index (χ1n) is 10.2. The quantitative estimate of drug-likeness (QED) is 0.615. The molecule has 0 N–H and O–H groups in total. The minimum Gasteiger partial charge on any atom is -0.472 e. The van der Waals surface area contributed by atoms with Crippen LogP contribution in [0.25, 0.3) is 5.69 Å². The third-order valence-electron chi connectivity index (χ3n) is 5.88. The number of hydrogen-bond acceptors (Lipinski definition) is 6. The summed E-state index contributed by atoms with van der Waals surface area (Å²) in [6, 6.07) is 5.29. The number of halogens is 3. The molecule has 3 atom stereocenters. The number of likely N-dealkylation sites (tertiary alicyclic amines) is 1. The first kappa shape index (κ1) is 20.4. The van der Waals surface area contributed by atoms with Gasteiger partial charge in [-0.1, -0.05) is 0 Å². The van der Waals surface area contributed by atoms with E-state index in [0.29, 0.717) is 30.8 Å². The van der Waals surface area contributed by atoms with Crippen LogP contribution in [-0.4, -0.2) is 54.5 Å². The van der Waals surface area contributed by atoms with Crippen LogP contribution in [0.3, 0.4) is 0 Å². The van der Waals surface area contributed by atoms with Gasteiger partial charge in [0.05, 0.1) is 18.4 Å². The van der Waals surface area contributed by atoms with E-state index in [1.54, 1.807) is 24.0 Å². The fraction of sp³-hybridized carbons (Fsp3) is 0.381. The van der Waals surface area contributed by atoms with Gasteiger partial charge in [0.1, 0.15) is 17.4 Å². The number of alkyl halides is 3. The Morgan fingerprint density at radius 3 is 2.62 bits per heavy atom. The number of hydrogen-bond donors (Lipinski definition) is 0. The van der Waals surface area contributed by atoms with Gasteiger partial charge in [-0.25, -0.2) is 9.97 Å². The molecule has 1 amide bonds. The van der Waals surface area contributed by atoms with E-state index in [2.05, 4.69) is 20.2 Å². The number of nitrogens with zero attached hydrogens (tertiary/aromatic N) is 6. The molecule has 1 saturated heterocycles. The van der Waals surface area contributed by atoms with Crippen molar-refractivity contribution in [2.24, 2.45) is 5.92 Å². The number of piperidine rings is 1. The Morgan fingerprint density at radius 1 is 1.12 bits per heavy atom. The molecule has 0 radical (unpaired) electrons. The van der Waals surface area contributed by atoms with Crippen molar-refractivity contribution < 1.29 is 22.7 Å². The molecule has 11 heteroatoms. The molecule has 2 aliphatic rings. The smallest absolute Gasteiger partial charge is 0.421 e. The first-order valence-corrected chi connectivity index (χ1v) is 10.2. The molecule has 1 aliphatic carbocycles. The van der Waals surface area contributed by atoms with Crippen molar-refractivity contribution in [3.05, 3.63) is 59.8 Å². The number of amides is 1. The standard InChI is InChI=1S/C21H19F3N6O2/c1-12-4-5-15(30-26-7-8-27-30)18(28-12)20(31)29-11-13-9-16(29)17(10-13)32-19-14(21(22,23)24)3-2-6-25-19/h2-8,13,16-17H,9-11H2,1H3/t13-,16+,17-/m1/s1. The van der Waals surface area contributed by atoms with E-state index in [1.165, 1.54) is 29.5 Å². The summed E-state index contributed by atoms with van der Waals surface area (Å²) in [5.74, 6) is -0.637. The largest absolute Gasteiger partial charge is 0.472 e. The highest BCUT2D eigenvalue weighted by atomic mass is 19.4. The highest BCUT2D eigenvalue weighted by molar-refractivity contribution is 5.96. The molecule has 3 aromatic rings. The molecular weight excluding hydrogens is 425 g/mol. The third-order valence-corrected chi connectivity index (χ3v) is 5.88. The zero-order valence-corrected chi connectivity index (χ0v) is 17.0. The van der Waals surface area contributed by atoms with Gasteiger partial charge in [0.25, 0.3) is 5.91 Å². The molecule has 32 heavy (non-hydrogen) atoms. The monoisotopic (exact) mass is 444 g/mol. The summed E-state index contributed by atoms with van der Waals surface area (Å²) < 4.78 is 45.8. The average Bonchev–Trinajstić information content (AvgIpc) is 3.50. The second-order valence-electron chi connectivity index (χ2n) is 8.01. The van der Waals surface area contributed by atoms with Gasteiger partial charge in [-0.3, -0.25) is 4.79 Å². The molecule has 0 aromatic carbocycles. The van der Waals surface area contributed by atoms with Gasteiger partial charge in [-0.05, 0) is 49.9 Å². The summed E-state index contributed by atoms with van der Waals surface area (Å²) in [5, 5.41) is 8.19. The van der Waals surface area contributed by atoms with Crippen molar-refractivity contribution in [1.29, 1.82) is 0 Å². The molecule has 166 valence electrons. The van der Waals surface area contributed by atoms with E-state index in [4.69, 9.17) is 4.74 Å². The Hall–Kier alpha value is -3.50. The SMILES string of the molecule is Cc1ccc(-n2nccn2)c(C(=O)N2C[C@H]3C[C@@H](Oc4ncccc4C(F)(F)F)[C@@H]2C3)n1. The predicted molar refractivity (Wildman–Crippen MR) is 105 cm³/mol. The summed E-state index contributed by atoms with van der Waals surface area (Å²) >= 11 is 0. The lowest BCUT2D eigenvalue weighted by Gasteiger charge is -2.33. The van der Waals surface area contributed by atoms with Crippen LogP contribution in [0.2, 0.25) is 0 Å². The summed E-state index contributed by atoms with van der Waals surface area (Å²) in [4.78, 5) is 24.7. The van der Waals surface area contributed by atoms with Crippen LogP contribution in [-0.2, 0) is 6.18 Å². The Labute approximate surface area is 181 Å². The van der Waals surface area contributed by atoms with Crippen molar-refractivity contribution in [3.8, 4) is 11.6 Å². The molecule has 8 nitrogen and oxygen atoms in total. The summed E-state index contributed by atoms with van der Waals surface area (Å²) in [6.07, 6.45) is 0.337. The fourth-order valence-corrected chi connectivity index (χ4v) is 4.51. The van der Waals surface area contributed by atoms with Gasteiger partial charge in [0, 0.05) is 18.4 Å². The lowest BCUT2D eigenvalue weighted by atomic mass is 10.1. The lowest BCUT2D eigenvalue weighted by molar-refractivity contribution is -0.139. The molecule has 1 aliphatic heterocycles. The van der Waals surface area contributed by atoms with Crippen molar-refractivity contribution in [3.63, 3.8) is 0 Å². The normalized spacial score (nSPS) is 22.4. The first-order chi connectivity index (χ1) is 15.3. The Balaban J connectivity index is 1.42. The maximum atomic E-state index is 13.5. The van der Waals surface area contributed by atoms with E-state index in [1.807, 2.05) is 0 Å². The van der Waals surface area contributed by atoms with Gasteiger partial charge in [-0.2, -0.15) is 23.4 Å². The second-order valence-corrected chi connectivity index (χ2v) is 8.01. The van der Waals surface area contributed by atoms with Crippen LogP contribution in [0, 0.1) is 12.8 Å². The van der Waals surface area contributed by atoms with Crippen molar-refractivity contribution >= 4 is 5.91 Å². The summed E-state index contributed by atoms with van der Waals surface area (Å²) in [5.41, 5.74) is 0.369. The van der Waals surface area contributed by atoms with E-state index in [9.17, 15) is 18.0 Å². The van der Waals surface area contributed by atoms with E-state index in [0.717, 1.165) is 6.07 Å². The van der Waals surface area contributed by atoms with Gasteiger partial charge in [0.2, 0.25) is 5.88 Å². The molecule has 0 spiro atoms. The van der Waals surface area contributed by atoms with Crippen molar-refractivity contribution in [2.45, 2.75) is 38.1 Å².